The van der Waals surface area contributed by atoms with Gasteiger partial charge in [0, 0.05) is 27.6 Å². The molecule has 0 radical (unpaired) electrons. The smallest absolute Gasteiger partial charge is 0.269 e. The first-order valence-electron chi connectivity index (χ1n) is 6.75. The van der Waals surface area contributed by atoms with Gasteiger partial charge in [0.1, 0.15) is 5.82 Å². The number of hydrogen-bond donors (Lipinski definition) is 0. The van der Waals surface area contributed by atoms with Crippen LogP contribution in [0.1, 0.15) is 5.82 Å². The van der Waals surface area contributed by atoms with Crippen LogP contribution in [-0.2, 0) is 5.75 Å². The van der Waals surface area contributed by atoms with E-state index in [0.717, 1.165) is 22.0 Å². The Kier molecular flexibility index (Phi) is 3.32. The van der Waals surface area contributed by atoms with Crippen LogP contribution >= 0.6 is 23.4 Å². The summed E-state index contributed by atoms with van der Waals surface area (Å²) < 4.78 is 1.98. The molecule has 0 aliphatic carbocycles. The van der Waals surface area contributed by atoms with Crippen LogP contribution in [0.5, 0.6) is 0 Å². The zero-order valence-electron chi connectivity index (χ0n) is 11.6. The van der Waals surface area contributed by atoms with E-state index in [-0.39, 0.29) is 5.69 Å². The molecular weight excluding hydrogens is 336 g/mol. The van der Waals surface area contributed by atoms with Crippen molar-refractivity contribution >= 4 is 29.1 Å². The minimum absolute atomic E-state index is 0.0508. The minimum atomic E-state index is -0.420. The number of thioether (sulfide) groups is 1. The highest BCUT2D eigenvalue weighted by molar-refractivity contribution is 7.98. The summed E-state index contributed by atoms with van der Waals surface area (Å²) in [4.78, 5) is 11.4. The van der Waals surface area contributed by atoms with Gasteiger partial charge in [0.2, 0.25) is 0 Å². The number of halogens is 1. The average Bonchev–Trinajstić information content (AvgIpc) is 2.99. The molecule has 1 aliphatic rings. The summed E-state index contributed by atoms with van der Waals surface area (Å²) in [5.74, 6) is 2.21. The number of non-ortho nitro benzene ring substituents is 1. The van der Waals surface area contributed by atoms with Crippen LogP contribution in [0.3, 0.4) is 0 Å². The lowest BCUT2D eigenvalue weighted by atomic mass is 10.2. The summed E-state index contributed by atoms with van der Waals surface area (Å²) in [5, 5.41) is 20.0. The topological polar surface area (TPSA) is 73.8 Å². The van der Waals surface area contributed by atoms with Crippen molar-refractivity contribution in [1.29, 1.82) is 0 Å². The number of benzene rings is 2. The lowest BCUT2D eigenvalue weighted by Crippen LogP contribution is -2.08. The van der Waals surface area contributed by atoms with Gasteiger partial charge < -0.3 is 0 Å². The van der Waals surface area contributed by atoms with Crippen molar-refractivity contribution in [2.24, 2.45) is 0 Å². The lowest BCUT2D eigenvalue weighted by molar-refractivity contribution is -0.384. The molecule has 0 saturated carbocycles. The van der Waals surface area contributed by atoms with E-state index in [9.17, 15) is 10.1 Å². The second kappa shape index (κ2) is 5.36. The predicted octanol–water partition coefficient (Wildman–Crippen LogP) is 4.10. The Bertz CT molecular complexity index is 924. The van der Waals surface area contributed by atoms with Crippen LogP contribution in [0, 0.1) is 10.1 Å². The Labute approximate surface area is 140 Å². The van der Waals surface area contributed by atoms with Crippen molar-refractivity contribution in [3.05, 3.63) is 63.4 Å². The fourth-order valence-corrected chi connectivity index (χ4v) is 3.74. The second-order valence-electron chi connectivity index (χ2n) is 4.98. The Morgan fingerprint density at radius 1 is 1.17 bits per heavy atom. The molecule has 0 spiro atoms. The van der Waals surface area contributed by atoms with E-state index in [1.807, 2.05) is 22.8 Å². The Hall–Kier alpha value is -2.38. The first-order chi connectivity index (χ1) is 11.1. The molecule has 0 bridgehead atoms. The van der Waals surface area contributed by atoms with Gasteiger partial charge in [0.05, 0.1) is 16.4 Å². The molecule has 1 aromatic heterocycles. The molecule has 6 nitrogen and oxygen atoms in total. The van der Waals surface area contributed by atoms with E-state index in [1.165, 1.54) is 12.1 Å². The maximum Gasteiger partial charge on any atom is 0.269 e. The third-order valence-corrected chi connectivity index (χ3v) is 4.86. The maximum absolute atomic E-state index is 10.8. The molecule has 4 rings (SSSR count). The number of nitro groups is 1. The molecule has 114 valence electrons. The first kappa shape index (κ1) is 14.2. The summed E-state index contributed by atoms with van der Waals surface area (Å²) in [6, 6.07) is 12.0. The molecule has 0 N–H and O–H groups in total. The fraction of sp³-hybridized carbons (Fsp3) is 0.0667. The molecule has 3 aromatic rings. The van der Waals surface area contributed by atoms with Crippen molar-refractivity contribution in [2.75, 3.05) is 0 Å². The zero-order chi connectivity index (χ0) is 16.0. The molecule has 23 heavy (non-hydrogen) atoms. The number of fused-ring (bicyclic) bond motifs is 3. The Balaban J connectivity index is 1.85. The van der Waals surface area contributed by atoms with Crippen molar-refractivity contribution in [3.8, 4) is 17.1 Å². The summed E-state index contributed by atoms with van der Waals surface area (Å²) >= 11 is 7.73. The molecule has 0 saturated heterocycles. The molecule has 0 atom stereocenters. The third-order valence-electron chi connectivity index (χ3n) is 3.59. The van der Waals surface area contributed by atoms with Gasteiger partial charge in [-0.05, 0) is 30.3 Å². The van der Waals surface area contributed by atoms with Gasteiger partial charge in [0.25, 0.3) is 5.69 Å². The van der Waals surface area contributed by atoms with Gasteiger partial charge in [-0.2, -0.15) is 0 Å². The van der Waals surface area contributed by atoms with Gasteiger partial charge in [-0.1, -0.05) is 11.6 Å². The van der Waals surface area contributed by atoms with Crippen LogP contribution in [0.2, 0.25) is 5.02 Å². The van der Waals surface area contributed by atoms with E-state index < -0.39 is 4.92 Å². The summed E-state index contributed by atoms with van der Waals surface area (Å²) in [5.41, 5.74) is 1.80. The number of aromatic nitrogens is 3. The summed E-state index contributed by atoms with van der Waals surface area (Å²) in [7, 11) is 0. The number of hydrogen-bond acceptors (Lipinski definition) is 5. The Morgan fingerprint density at radius 3 is 2.70 bits per heavy atom. The van der Waals surface area contributed by atoms with Crippen LogP contribution in [0.15, 0.2) is 47.4 Å². The quantitative estimate of drug-likeness (QED) is 0.517. The highest BCUT2D eigenvalue weighted by Crippen LogP contribution is 2.38. The van der Waals surface area contributed by atoms with Crippen LogP contribution in [-0.4, -0.2) is 19.7 Å². The average molecular weight is 345 g/mol. The Morgan fingerprint density at radius 2 is 1.96 bits per heavy atom. The standard InChI is InChI=1S/C15H9ClN4O2S/c16-10-3-6-12-13(7-10)23-8-14-17-18-15(19(12)14)9-1-4-11(5-2-9)20(21)22/h1-7H,8H2. The van der Waals surface area contributed by atoms with Crippen molar-refractivity contribution in [3.63, 3.8) is 0 Å². The van der Waals surface area contributed by atoms with E-state index in [2.05, 4.69) is 10.2 Å². The third kappa shape index (κ3) is 2.38. The van der Waals surface area contributed by atoms with Crippen molar-refractivity contribution in [2.45, 2.75) is 10.6 Å². The van der Waals surface area contributed by atoms with Crippen LogP contribution < -0.4 is 0 Å². The SMILES string of the molecule is O=[N+]([O-])c1ccc(-c2nnc3n2-c2ccc(Cl)cc2SC3)cc1. The summed E-state index contributed by atoms with van der Waals surface area (Å²) in [6.45, 7) is 0. The van der Waals surface area contributed by atoms with E-state index in [0.29, 0.717) is 16.6 Å². The van der Waals surface area contributed by atoms with E-state index in [4.69, 9.17) is 11.6 Å². The van der Waals surface area contributed by atoms with E-state index >= 15 is 0 Å². The largest absolute Gasteiger partial charge is 0.277 e. The zero-order valence-corrected chi connectivity index (χ0v) is 13.2. The van der Waals surface area contributed by atoms with Gasteiger partial charge >= 0.3 is 0 Å². The molecule has 0 unspecified atom stereocenters. The highest BCUT2D eigenvalue weighted by atomic mass is 35.5. The molecule has 0 fully saturated rings. The van der Waals surface area contributed by atoms with E-state index in [1.54, 1.807) is 23.9 Å². The molecular formula is C15H9ClN4O2S. The fourth-order valence-electron chi connectivity index (χ4n) is 2.51. The number of nitro benzene ring substituents is 1. The van der Waals surface area contributed by atoms with Crippen molar-refractivity contribution in [1.82, 2.24) is 14.8 Å². The summed E-state index contributed by atoms with van der Waals surface area (Å²) in [6.07, 6.45) is 0. The predicted molar refractivity (Wildman–Crippen MR) is 88.0 cm³/mol. The molecule has 8 heteroatoms. The minimum Gasteiger partial charge on any atom is -0.277 e. The molecule has 0 amide bonds. The van der Waals surface area contributed by atoms with Crippen LogP contribution in [0.25, 0.3) is 17.1 Å². The van der Waals surface area contributed by atoms with Gasteiger partial charge in [0.15, 0.2) is 5.82 Å². The number of rotatable bonds is 2. The molecule has 1 aliphatic heterocycles. The molecule has 2 heterocycles. The van der Waals surface area contributed by atoms with Gasteiger partial charge in [-0.15, -0.1) is 22.0 Å². The van der Waals surface area contributed by atoms with Crippen molar-refractivity contribution < 1.29 is 4.92 Å². The monoisotopic (exact) mass is 344 g/mol. The number of nitrogens with zero attached hydrogens (tertiary/aromatic N) is 4. The lowest BCUT2D eigenvalue weighted by Gasteiger charge is -2.19. The second-order valence-corrected chi connectivity index (χ2v) is 6.43. The highest BCUT2D eigenvalue weighted by Gasteiger charge is 2.23. The maximum atomic E-state index is 10.8. The van der Waals surface area contributed by atoms with Gasteiger partial charge in [-0.3, -0.25) is 14.7 Å². The van der Waals surface area contributed by atoms with Crippen LogP contribution in [0.4, 0.5) is 5.69 Å². The molecule has 2 aromatic carbocycles. The first-order valence-corrected chi connectivity index (χ1v) is 8.12. The normalized spacial score (nSPS) is 12.6. The van der Waals surface area contributed by atoms with Gasteiger partial charge in [-0.25, -0.2) is 0 Å².